The number of thioether (sulfide) groups is 1. The average Bonchev–Trinajstić information content (AvgIpc) is 3.31. The molecule has 0 bridgehead atoms. The van der Waals surface area contributed by atoms with Gasteiger partial charge in [-0.15, -0.1) is 11.8 Å². The molecule has 1 N–H and O–H groups in total. The number of nitrogens with zero attached hydrogens (tertiary/aromatic N) is 1. The molecule has 1 atom stereocenters. The van der Waals surface area contributed by atoms with Crippen molar-refractivity contribution in [2.75, 3.05) is 12.4 Å². The molecule has 0 aliphatic carbocycles. The molecule has 0 radical (unpaired) electrons. The number of hydrogen-bond donors (Lipinski definition) is 1. The van der Waals surface area contributed by atoms with Crippen LogP contribution in [0, 0.1) is 6.92 Å². The van der Waals surface area contributed by atoms with E-state index in [2.05, 4.69) is 17.4 Å². The Kier molecular flexibility index (Phi) is 9.15. The van der Waals surface area contributed by atoms with Crippen molar-refractivity contribution in [3.8, 4) is 11.1 Å². The van der Waals surface area contributed by atoms with Crippen LogP contribution in [0.3, 0.4) is 0 Å². The summed E-state index contributed by atoms with van der Waals surface area (Å²) in [6.07, 6.45) is 3.01. The quantitative estimate of drug-likeness (QED) is 0.137. The van der Waals surface area contributed by atoms with Crippen LogP contribution in [0.5, 0.6) is 0 Å². The van der Waals surface area contributed by atoms with Gasteiger partial charge in [-0.2, -0.15) is 8.42 Å². The van der Waals surface area contributed by atoms with Gasteiger partial charge in [0.05, 0.1) is 11.5 Å². The average molecular weight is 607 g/mol. The Morgan fingerprint density at radius 1 is 1.02 bits per heavy atom. The molecule has 1 fully saturated rings. The molecule has 3 aromatic rings. The first-order valence-electron chi connectivity index (χ1n) is 14.2. The molecule has 42 heavy (non-hydrogen) atoms. The standard InChI is InChI=1S/C32H34N2O6S2/c1-3-17-40-42(38,39)24-14-9-21(2)26(19-24)23-12-10-22(11-13-23)6-5-18-41-29-8-4-7-25-27(29)20-34(32(25)37)28-15-16-30(35)33-31(28)36/h4,7-14,19,28H,3,5-6,15-18,20H2,1-2H3,(H,33,35,36). The number of carbonyl (C=O) groups excluding carboxylic acids is 3. The number of benzene rings is 3. The first kappa shape index (κ1) is 30.0. The Morgan fingerprint density at radius 3 is 2.55 bits per heavy atom. The van der Waals surface area contributed by atoms with Crippen LogP contribution in [0.2, 0.25) is 0 Å². The van der Waals surface area contributed by atoms with Crippen molar-refractivity contribution in [3.63, 3.8) is 0 Å². The molecule has 1 unspecified atom stereocenters. The van der Waals surface area contributed by atoms with Gasteiger partial charge >= 0.3 is 0 Å². The smallest absolute Gasteiger partial charge is 0.296 e. The molecule has 220 valence electrons. The van der Waals surface area contributed by atoms with E-state index in [0.29, 0.717) is 24.9 Å². The normalized spacial score (nSPS) is 17.0. The van der Waals surface area contributed by atoms with Gasteiger partial charge in [-0.05, 0) is 90.4 Å². The Morgan fingerprint density at radius 2 is 1.81 bits per heavy atom. The van der Waals surface area contributed by atoms with Crippen LogP contribution < -0.4 is 5.32 Å². The number of carbonyl (C=O) groups is 3. The summed E-state index contributed by atoms with van der Waals surface area (Å²) in [5, 5.41) is 2.35. The predicted octanol–water partition coefficient (Wildman–Crippen LogP) is 5.26. The summed E-state index contributed by atoms with van der Waals surface area (Å²) in [5.41, 5.74) is 5.55. The predicted molar refractivity (Wildman–Crippen MR) is 162 cm³/mol. The molecule has 2 heterocycles. The number of aryl methyl sites for hydroxylation is 2. The zero-order chi connectivity index (χ0) is 29.9. The maximum absolute atomic E-state index is 13.1. The highest BCUT2D eigenvalue weighted by Gasteiger charge is 2.39. The van der Waals surface area contributed by atoms with Crippen LogP contribution in [0.15, 0.2) is 70.5 Å². The monoisotopic (exact) mass is 606 g/mol. The van der Waals surface area contributed by atoms with Crippen molar-refractivity contribution in [2.24, 2.45) is 0 Å². The van der Waals surface area contributed by atoms with Crippen LogP contribution >= 0.6 is 11.8 Å². The van der Waals surface area contributed by atoms with Gasteiger partial charge in [0, 0.05) is 23.4 Å². The summed E-state index contributed by atoms with van der Waals surface area (Å²) in [7, 11) is -3.79. The fraction of sp³-hybridized carbons (Fsp3) is 0.344. The SMILES string of the molecule is CCCOS(=O)(=O)c1ccc(C)c(-c2ccc(CCCSc3cccc4c3CN(C3CCC(=O)NC3=O)C4=O)cc2)c1. The lowest BCUT2D eigenvalue weighted by atomic mass is 9.99. The molecule has 2 aliphatic rings. The maximum Gasteiger partial charge on any atom is 0.296 e. The van der Waals surface area contributed by atoms with E-state index in [9.17, 15) is 22.8 Å². The molecular weight excluding hydrogens is 572 g/mol. The molecule has 2 aliphatic heterocycles. The number of amides is 3. The van der Waals surface area contributed by atoms with E-state index >= 15 is 0 Å². The molecular formula is C32H34N2O6S2. The van der Waals surface area contributed by atoms with E-state index in [1.165, 1.54) is 5.56 Å². The summed E-state index contributed by atoms with van der Waals surface area (Å²) in [6, 6.07) is 18.3. The third-order valence-corrected chi connectivity index (χ3v) is 10.1. The minimum atomic E-state index is -3.79. The summed E-state index contributed by atoms with van der Waals surface area (Å²) < 4.78 is 30.1. The topological polar surface area (TPSA) is 110 Å². The zero-order valence-electron chi connectivity index (χ0n) is 23.7. The van der Waals surface area contributed by atoms with Crippen LogP contribution in [-0.4, -0.2) is 49.4 Å². The van der Waals surface area contributed by atoms with E-state index in [4.69, 9.17) is 4.18 Å². The minimum absolute atomic E-state index is 0.157. The number of hydrogen-bond acceptors (Lipinski definition) is 7. The van der Waals surface area contributed by atoms with Crippen LogP contribution in [0.4, 0.5) is 0 Å². The van der Waals surface area contributed by atoms with Gasteiger partial charge in [0.2, 0.25) is 11.8 Å². The second kappa shape index (κ2) is 12.8. The van der Waals surface area contributed by atoms with Gasteiger partial charge in [0.25, 0.3) is 16.0 Å². The van der Waals surface area contributed by atoms with Crippen molar-refractivity contribution in [3.05, 3.63) is 82.9 Å². The van der Waals surface area contributed by atoms with Gasteiger partial charge in [-0.3, -0.25) is 23.9 Å². The first-order chi connectivity index (χ1) is 20.2. The number of fused-ring (bicyclic) bond motifs is 1. The first-order valence-corrected chi connectivity index (χ1v) is 16.6. The Hall–Kier alpha value is -3.47. The molecule has 5 rings (SSSR count). The van der Waals surface area contributed by atoms with Crippen molar-refractivity contribution in [2.45, 2.75) is 68.3 Å². The summed E-state index contributed by atoms with van der Waals surface area (Å²) in [6.45, 7) is 4.36. The van der Waals surface area contributed by atoms with E-state index in [1.54, 1.807) is 40.9 Å². The van der Waals surface area contributed by atoms with Gasteiger partial charge in [-0.1, -0.05) is 43.3 Å². The number of rotatable bonds is 11. The Labute approximate surface area is 251 Å². The fourth-order valence-electron chi connectivity index (χ4n) is 5.33. The summed E-state index contributed by atoms with van der Waals surface area (Å²) >= 11 is 1.71. The van der Waals surface area contributed by atoms with Crippen LogP contribution in [0.25, 0.3) is 11.1 Å². The fourth-order valence-corrected chi connectivity index (χ4v) is 7.38. The minimum Gasteiger partial charge on any atom is -0.322 e. The highest BCUT2D eigenvalue weighted by molar-refractivity contribution is 7.99. The molecule has 0 saturated carbocycles. The van der Waals surface area contributed by atoms with Crippen molar-refractivity contribution in [1.29, 1.82) is 0 Å². The summed E-state index contributed by atoms with van der Waals surface area (Å²) in [4.78, 5) is 39.8. The lowest BCUT2D eigenvalue weighted by Gasteiger charge is -2.29. The number of imide groups is 1. The van der Waals surface area contributed by atoms with Gasteiger partial charge in [-0.25, -0.2) is 0 Å². The number of nitrogens with one attached hydrogen (secondary N) is 1. The van der Waals surface area contributed by atoms with Crippen molar-refractivity contribution >= 4 is 39.6 Å². The highest BCUT2D eigenvalue weighted by Crippen LogP contribution is 2.35. The third-order valence-electron chi connectivity index (χ3n) is 7.61. The second-order valence-electron chi connectivity index (χ2n) is 10.6. The largest absolute Gasteiger partial charge is 0.322 e. The molecule has 0 spiro atoms. The lowest BCUT2D eigenvalue weighted by molar-refractivity contribution is -0.136. The zero-order valence-corrected chi connectivity index (χ0v) is 25.4. The van der Waals surface area contributed by atoms with E-state index in [-0.39, 0.29) is 29.7 Å². The Bertz CT molecular complexity index is 1620. The van der Waals surface area contributed by atoms with Crippen molar-refractivity contribution in [1.82, 2.24) is 10.2 Å². The molecule has 0 aromatic heterocycles. The summed E-state index contributed by atoms with van der Waals surface area (Å²) in [5.74, 6) is 0.0103. The van der Waals surface area contributed by atoms with Crippen molar-refractivity contribution < 1.29 is 27.0 Å². The van der Waals surface area contributed by atoms with Crippen LogP contribution in [-0.2, 0) is 36.9 Å². The molecule has 3 amide bonds. The number of piperidine rings is 1. The van der Waals surface area contributed by atoms with Gasteiger partial charge in [0.1, 0.15) is 6.04 Å². The van der Waals surface area contributed by atoms with Gasteiger partial charge < -0.3 is 4.90 Å². The maximum atomic E-state index is 13.1. The van der Waals surface area contributed by atoms with E-state index in [1.807, 2.05) is 38.1 Å². The molecule has 10 heteroatoms. The van der Waals surface area contributed by atoms with E-state index < -0.39 is 22.1 Å². The second-order valence-corrected chi connectivity index (χ2v) is 13.3. The molecule has 3 aromatic carbocycles. The van der Waals surface area contributed by atoms with E-state index in [0.717, 1.165) is 45.7 Å². The molecule has 8 nitrogen and oxygen atoms in total. The van der Waals surface area contributed by atoms with Crippen LogP contribution in [0.1, 0.15) is 59.7 Å². The molecule has 1 saturated heterocycles. The van der Waals surface area contributed by atoms with Gasteiger partial charge in [0.15, 0.2) is 0 Å². The lowest BCUT2D eigenvalue weighted by Crippen LogP contribution is -2.52. The Balaban J connectivity index is 1.18. The highest BCUT2D eigenvalue weighted by atomic mass is 32.2. The third kappa shape index (κ3) is 6.45.